The standard InChI is InChI=1S/C19H31BN2O4S/c1-17(2,3)24-16(23)22-10-8-9-13(11-22)15-21-14(12-27-15)20-25-18(4,5)19(6,7)26-20/h12-13H,8-11H2,1-7H3. The molecule has 2 saturated heterocycles. The lowest BCUT2D eigenvalue weighted by Crippen LogP contribution is -2.42. The Kier molecular flexibility index (Phi) is 5.38. The first kappa shape index (κ1) is 20.6. The lowest BCUT2D eigenvalue weighted by atomic mass is 9.86. The Labute approximate surface area is 166 Å². The zero-order valence-corrected chi connectivity index (χ0v) is 18.3. The molecule has 0 spiro atoms. The number of amides is 1. The zero-order chi connectivity index (χ0) is 20.0. The number of carbonyl (C=O) groups is 1. The van der Waals surface area contributed by atoms with E-state index in [0.717, 1.165) is 30.0 Å². The van der Waals surface area contributed by atoms with Crippen LogP contribution in [0.2, 0.25) is 0 Å². The molecular formula is C19H31BN2O4S. The van der Waals surface area contributed by atoms with Crippen LogP contribution in [0.4, 0.5) is 4.79 Å². The molecule has 0 saturated carbocycles. The highest BCUT2D eigenvalue weighted by Crippen LogP contribution is 2.37. The van der Waals surface area contributed by atoms with Gasteiger partial charge in [-0.2, -0.15) is 0 Å². The van der Waals surface area contributed by atoms with Gasteiger partial charge in [0.15, 0.2) is 0 Å². The number of piperidine rings is 1. The maximum absolute atomic E-state index is 12.4. The van der Waals surface area contributed by atoms with E-state index in [1.165, 1.54) is 0 Å². The average molecular weight is 394 g/mol. The molecule has 0 radical (unpaired) electrons. The Hall–Kier alpha value is -1.12. The molecular weight excluding hydrogens is 363 g/mol. The smallest absolute Gasteiger partial charge is 0.444 e. The average Bonchev–Trinajstić information content (AvgIpc) is 3.09. The molecule has 2 aliphatic heterocycles. The molecule has 1 atom stereocenters. The van der Waals surface area contributed by atoms with Crippen LogP contribution >= 0.6 is 11.3 Å². The van der Waals surface area contributed by atoms with Crippen molar-refractivity contribution < 1.29 is 18.8 Å². The number of thiazole rings is 1. The summed E-state index contributed by atoms with van der Waals surface area (Å²) >= 11 is 1.62. The van der Waals surface area contributed by atoms with Crippen LogP contribution in [0.1, 0.15) is 72.2 Å². The summed E-state index contributed by atoms with van der Waals surface area (Å²) in [5.74, 6) is 0.229. The summed E-state index contributed by atoms with van der Waals surface area (Å²) in [4.78, 5) is 19.0. The van der Waals surface area contributed by atoms with Crippen LogP contribution in [0.15, 0.2) is 5.38 Å². The van der Waals surface area contributed by atoms with Gasteiger partial charge in [-0.1, -0.05) is 0 Å². The van der Waals surface area contributed by atoms with E-state index in [9.17, 15) is 4.79 Å². The van der Waals surface area contributed by atoms with Gasteiger partial charge in [-0.15, -0.1) is 11.3 Å². The van der Waals surface area contributed by atoms with Crippen molar-refractivity contribution in [2.24, 2.45) is 0 Å². The van der Waals surface area contributed by atoms with Crippen molar-refractivity contribution in [1.82, 2.24) is 9.88 Å². The van der Waals surface area contributed by atoms with Crippen molar-refractivity contribution in [2.45, 2.75) is 84.0 Å². The molecule has 1 unspecified atom stereocenters. The number of ether oxygens (including phenoxy) is 1. The molecule has 3 heterocycles. The van der Waals surface area contributed by atoms with Gasteiger partial charge in [0.05, 0.1) is 21.8 Å². The van der Waals surface area contributed by atoms with E-state index in [4.69, 9.17) is 19.0 Å². The Balaban J connectivity index is 1.67. The first-order valence-corrected chi connectivity index (χ1v) is 10.5. The van der Waals surface area contributed by atoms with Crippen LogP contribution in [0.3, 0.4) is 0 Å². The van der Waals surface area contributed by atoms with Crippen LogP contribution in [0.5, 0.6) is 0 Å². The number of nitrogens with zero attached hydrogens (tertiary/aromatic N) is 2. The van der Waals surface area contributed by atoms with E-state index in [2.05, 4.69) is 0 Å². The highest BCUT2D eigenvalue weighted by atomic mass is 32.1. The van der Waals surface area contributed by atoms with E-state index in [0.29, 0.717) is 6.54 Å². The number of hydrogen-bond donors (Lipinski definition) is 0. The summed E-state index contributed by atoms with van der Waals surface area (Å²) in [5.41, 5.74) is -0.405. The molecule has 0 aliphatic carbocycles. The second kappa shape index (κ2) is 7.05. The topological polar surface area (TPSA) is 60.9 Å². The summed E-state index contributed by atoms with van der Waals surface area (Å²) in [5, 5.41) is 3.05. The van der Waals surface area contributed by atoms with E-state index in [1.807, 2.05) is 53.8 Å². The maximum atomic E-state index is 12.4. The third-order valence-electron chi connectivity index (χ3n) is 5.46. The lowest BCUT2D eigenvalue weighted by Gasteiger charge is -2.33. The second-order valence-electron chi connectivity index (χ2n) is 9.46. The summed E-state index contributed by atoms with van der Waals surface area (Å²) < 4.78 is 17.7. The number of likely N-dealkylation sites (tertiary alicyclic amines) is 1. The highest BCUT2D eigenvalue weighted by molar-refractivity contribution is 7.10. The predicted molar refractivity (Wildman–Crippen MR) is 108 cm³/mol. The fourth-order valence-electron chi connectivity index (χ4n) is 3.23. The van der Waals surface area contributed by atoms with Crippen LogP contribution < -0.4 is 5.59 Å². The van der Waals surface area contributed by atoms with Crippen molar-refractivity contribution in [2.75, 3.05) is 13.1 Å². The molecule has 27 heavy (non-hydrogen) atoms. The van der Waals surface area contributed by atoms with E-state index in [1.54, 1.807) is 16.2 Å². The second-order valence-corrected chi connectivity index (χ2v) is 10.4. The maximum Gasteiger partial charge on any atom is 0.515 e. The van der Waals surface area contributed by atoms with Crippen LogP contribution in [0, 0.1) is 0 Å². The molecule has 1 amide bonds. The van der Waals surface area contributed by atoms with Gasteiger partial charge in [-0.05, 0) is 61.3 Å². The lowest BCUT2D eigenvalue weighted by molar-refractivity contribution is 0.00578. The van der Waals surface area contributed by atoms with Gasteiger partial charge in [0, 0.05) is 24.4 Å². The first-order chi connectivity index (χ1) is 12.4. The highest BCUT2D eigenvalue weighted by Gasteiger charge is 2.52. The Morgan fingerprint density at radius 1 is 1.30 bits per heavy atom. The minimum atomic E-state index is -0.477. The van der Waals surface area contributed by atoms with Gasteiger partial charge in [-0.3, -0.25) is 0 Å². The zero-order valence-electron chi connectivity index (χ0n) is 17.5. The van der Waals surface area contributed by atoms with Crippen LogP contribution in [-0.4, -0.2) is 53.0 Å². The fourth-order valence-corrected chi connectivity index (χ4v) is 4.18. The summed E-state index contributed by atoms with van der Waals surface area (Å²) in [6, 6.07) is 0. The molecule has 150 valence electrons. The first-order valence-electron chi connectivity index (χ1n) is 9.67. The molecule has 8 heteroatoms. The van der Waals surface area contributed by atoms with Gasteiger partial charge in [0.1, 0.15) is 5.60 Å². The minimum absolute atomic E-state index is 0.229. The summed E-state index contributed by atoms with van der Waals surface area (Å²) in [7, 11) is -0.439. The molecule has 3 rings (SSSR count). The Morgan fingerprint density at radius 3 is 2.52 bits per heavy atom. The quantitative estimate of drug-likeness (QED) is 0.718. The van der Waals surface area contributed by atoms with Crippen molar-refractivity contribution in [3.63, 3.8) is 0 Å². The van der Waals surface area contributed by atoms with Crippen molar-refractivity contribution >= 4 is 30.1 Å². The molecule has 1 aromatic rings. The number of carbonyl (C=O) groups excluding carboxylic acids is 1. The molecule has 1 aromatic heterocycles. The van der Waals surface area contributed by atoms with Crippen molar-refractivity contribution in [3.8, 4) is 0 Å². The number of hydrogen-bond acceptors (Lipinski definition) is 6. The summed E-state index contributed by atoms with van der Waals surface area (Å²) in [6.45, 7) is 15.2. The monoisotopic (exact) mass is 394 g/mol. The summed E-state index contributed by atoms with van der Waals surface area (Å²) in [6.07, 6.45) is 1.74. The van der Waals surface area contributed by atoms with Gasteiger partial charge in [-0.25, -0.2) is 9.78 Å². The molecule has 2 fully saturated rings. The number of aromatic nitrogens is 1. The van der Waals surface area contributed by atoms with Gasteiger partial charge < -0.3 is 18.9 Å². The van der Waals surface area contributed by atoms with Gasteiger partial charge in [0.2, 0.25) is 0 Å². The molecule has 6 nitrogen and oxygen atoms in total. The molecule has 0 N–H and O–H groups in total. The Morgan fingerprint density at radius 2 is 1.93 bits per heavy atom. The van der Waals surface area contributed by atoms with E-state index >= 15 is 0 Å². The Bertz CT molecular complexity index is 682. The van der Waals surface area contributed by atoms with Crippen molar-refractivity contribution in [3.05, 3.63) is 10.4 Å². The largest absolute Gasteiger partial charge is 0.515 e. The SMILES string of the molecule is CC(C)(C)OC(=O)N1CCCC(c2nc(B3OC(C)(C)C(C)(C)O3)cs2)C1. The molecule has 0 bridgehead atoms. The molecule has 0 aromatic carbocycles. The molecule has 2 aliphatic rings. The van der Waals surface area contributed by atoms with Gasteiger partial charge >= 0.3 is 13.2 Å². The predicted octanol–water partition coefficient (Wildman–Crippen LogP) is 3.56. The van der Waals surface area contributed by atoms with Gasteiger partial charge in [0.25, 0.3) is 0 Å². The number of rotatable bonds is 2. The van der Waals surface area contributed by atoms with Crippen LogP contribution in [-0.2, 0) is 14.0 Å². The van der Waals surface area contributed by atoms with Crippen LogP contribution in [0.25, 0.3) is 0 Å². The minimum Gasteiger partial charge on any atom is -0.444 e. The normalized spacial score (nSPS) is 24.9. The van der Waals surface area contributed by atoms with E-state index < -0.39 is 12.7 Å². The third-order valence-corrected chi connectivity index (χ3v) is 6.48. The third kappa shape index (κ3) is 4.49. The van der Waals surface area contributed by atoms with E-state index in [-0.39, 0.29) is 23.2 Å². The fraction of sp³-hybridized carbons (Fsp3) is 0.789. The van der Waals surface area contributed by atoms with Crippen molar-refractivity contribution in [1.29, 1.82) is 0 Å².